The van der Waals surface area contributed by atoms with Crippen molar-refractivity contribution in [3.05, 3.63) is 82.2 Å². The zero-order valence-electron chi connectivity index (χ0n) is 17.1. The van der Waals surface area contributed by atoms with Crippen LogP contribution < -0.4 is 15.3 Å². The Labute approximate surface area is 178 Å². The van der Waals surface area contributed by atoms with E-state index in [9.17, 15) is 9.59 Å². The summed E-state index contributed by atoms with van der Waals surface area (Å²) in [5.74, 6) is 0.384. The van der Waals surface area contributed by atoms with Crippen LogP contribution in [0.4, 0.5) is 5.69 Å². The molecule has 0 saturated carbocycles. The summed E-state index contributed by atoms with van der Waals surface area (Å²) in [7, 11) is 0. The Morgan fingerprint density at radius 1 is 1.00 bits per heavy atom. The van der Waals surface area contributed by atoms with Crippen LogP contribution in [-0.4, -0.2) is 19.3 Å². The number of benzene rings is 3. The van der Waals surface area contributed by atoms with Gasteiger partial charge < -0.3 is 18.8 Å². The predicted molar refractivity (Wildman–Crippen MR) is 119 cm³/mol. The average molecular weight is 415 g/mol. The van der Waals surface area contributed by atoms with E-state index in [1.54, 1.807) is 18.2 Å². The third-order valence-corrected chi connectivity index (χ3v) is 5.48. The maximum atomic E-state index is 12.5. The molecule has 2 heterocycles. The van der Waals surface area contributed by atoms with E-state index in [0.717, 1.165) is 28.4 Å². The van der Waals surface area contributed by atoms with Gasteiger partial charge in [0, 0.05) is 11.1 Å². The molecule has 1 aliphatic rings. The molecule has 0 amide bonds. The van der Waals surface area contributed by atoms with Gasteiger partial charge in [0.05, 0.1) is 29.7 Å². The normalized spacial score (nSPS) is 13.1. The summed E-state index contributed by atoms with van der Waals surface area (Å²) in [4.78, 5) is 26.6. The van der Waals surface area contributed by atoms with Crippen molar-refractivity contribution in [2.75, 3.05) is 18.2 Å². The molecule has 0 spiro atoms. The molecule has 156 valence electrons. The molecule has 0 saturated heterocycles. The van der Waals surface area contributed by atoms with Crippen molar-refractivity contribution in [2.24, 2.45) is 0 Å². The molecular formula is C25H21NO5. The summed E-state index contributed by atoms with van der Waals surface area (Å²) in [5.41, 5.74) is 2.43. The first-order chi connectivity index (χ1) is 15.2. The van der Waals surface area contributed by atoms with Crippen LogP contribution in [0.2, 0.25) is 0 Å². The Morgan fingerprint density at radius 3 is 2.55 bits per heavy atom. The number of nitrogens with zero attached hydrogens (tertiary/aromatic N) is 1. The van der Waals surface area contributed by atoms with Crippen LogP contribution in [0.15, 0.2) is 69.9 Å². The Morgan fingerprint density at radius 2 is 1.77 bits per heavy atom. The van der Waals surface area contributed by atoms with Crippen LogP contribution in [0.3, 0.4) is 0 Å². The van der Waals surface area contributed by atoms with E-state index < -0.39 is 0 Å². The van der Waals surface area contributed by atoms with Gasteiger partial charge in [-0.3, -0.25) is 0 Å². The van der Waals surface area contributed by atoms with Crippen LogP contribution in [0.5, 0.6) is 5.75 Å². The van der Waals surface area contributed by atoms with E-state index in [0.29, 0.717) is 42.2 Å². The largest absolute Gasteiger partial charge is 0.473 e. The van der Waals surface area contributed by atoms with Gasteiger partial charge in [0.2, 0.25) is 0 Å². The summed E-state index contributed by atoms with van der Waals surface area (Å²) < 4.78 is 16.9. The molecule has 3 aromatic carbocycles. The molecule has 6 heteroatoms. The van der Waals surface area contributed by atoms with Gasteiger partial charge >= 0.3 is 11.6 Å². The summed E-state index contributed by atoms with van der Waals surface area (Å²) in [5, 5.41) is 2.31. The van der Waals surface area contributed by atoms with Crippen molar-refractivity contribution in [2.45, 2.75) is 19.9 Å². The van der Waals surface area contributed by atoms with E-state index in [2.05, 4.69) is 0 Å². The highest BCUT2D eigenvalue weighted by molar-refractivity contribution is 6.05. The van der Waals surface area contributed by atoms with Crippen LogP contribution in [0, 0.1) is 0 Å². The zero-order chi connectivity index (χ0) is 21.4. The molecule has 1 aliphatic heterocycles. The number of carbonyl (C=O) groups excluding carboxylic acids is 1. The molecule has 0 atom stereocenters. The highest BCUT2D eigenvalue weighted by Crippen LogP contribution is 2.35. The fourth-order valence-electron chi connectivity index (χ4n) is 3.90. The fraction of sp³-hybridized carbons (Fsp3) is 0.200. The predicted octanol–water partition coefficient (Wildman–Crippen LogP) is 4.87. The first kappa shape index (κ1) is 19.2. The zero-order valence-corrected chi connectivity index (χ0v) is 17.1. The third kappa shape index (κ3) is 3.40. The van der Waals surface area contributed by atoms with Gasteiger partial charge in [-0.05, 0) is 54.3 Å². The van der Waals surface area contributed by atoms with Gasteiger partial charge in [0.1, 0.15) is 11.3 Å². The molecule has 1 aromatic heterocycles. The SMILES string of the molecule is CCCOC(=O)c1ccc(N2COc3ccc4c(oc(=O)c5ccccc54)c3C2)cc1. The number of ether oxygens (including phenoxy) is 2. The summed E-state index contributed by atoms with van der Waals surface area (Å²) in [6.45, 7) is 3.24. The highest BCUT2D eigenvalue weighted by Gasteiger charge is 2.23. The molecule has 5 rings (SSSR count). The van der Waals surface area contributed by atoms with Crippen molar-refractivity contribution >= 4 is 33.4 Å². The second-order valence-electron chi connectivity index (χ2n) is 7.51. The summed E-state index contributed by atoms with van der Waals surface area (Å²) in [6, 6.07) is 18.5. The molecule has 0 unspecified atom stereocenters. The standard InChI is InChI=1S/C25H21NO5/c1-2-13-29-24(27)16-7-9-17(10-8-16)26-14-21-22(30-15-26)12-11-19-18-5-3-4-6-20(18)25(28)31-23(19)21/h3-12H,2,13-15H2,1H3. The number of esters is 1. The van der Waals surface area contributed by atoms with Crippen molar-refractivity contribution in [1.82, 2.24) is 0 Å². The Hall–Kier alpha value is -3.80. The van der Waals surface area contributed by atoms with E-state index >= 15 is 0 Å². The smallest absolute Gasteiger partial charge is 0.344 e. The van der Waals surface area contributed by atoms with Gasteiger partial charge in [0.25, 0.3) is 0 Å². The molecular weight excluding hydrogens is 394 g/mol. The van der Waals surface area contributed by atoms with Gasteiger partial charge in [-0.25, -0.2) is 9.59 Å². The Balaban J connectivity index is 1.50. The lowest BCUT2D eigenvalue weighted by molar-refractivity contribution is 0.0505. The number of hydrogen-bond acceptors (Lipinski definition) is 6. The van der Waals surface area contributed by atoms with Crippen LogP contribution in [-0.2, 0) is 11.3 Å². The van der Waals surface area contributed by atoms with Gasteiger partial charge in [-0.1, -0.05) is 25.1 Å². The monoisotopic (exact) mass is 415 g/mol. The minimum Gasteiger partial charge on any atom is -0.473 e. The minimum absolute atomic E-state index is 0.326. The lowest BCUT2D eigenvalue weighted by Gasteiger charge is -2.31. The summed E-state index contributed by atoms with van der Waals surface area (Å²) >= 11 is 0. The van der Waals surface area contributed by atoms with E-state index in [-0.39, 0.29) is 11.6 Å². The molecule has 31 heavy (non-hydrogen) atoms. The maximum Gasteiger partial charge on any atom is 0.344 e. The fourth-order valence-corrected chi connectivity index (χ4v) is 3.90. The van der Waals surface area contributed by atoms with Crippen molar-refractivity contribution < 1.29 is 18.7 Å². The molecule has 0 aliphatic carbocycles. The van der Waals surface area contributed by atoms with Crippen LogP contribution in [0.1, 0.15) is 29.3 Å². The van der Waals surface area contributed by atoms with Crippen LogP contribution >= 0.6 is 0 Å². The molecule has 0 radical (unpaired) electrons. The van der Waals surface area contributed by atoms with Gasteiger partial charge in [-0.15, -0.1) is 0 Å². The second kappa shape index (κ2) is 7.80. The second-order valence-corrected chi connectivity index (χ2v) is 7.51. The number of carbonyl (C=O) groups is 1. The molecule has 6 nitrogen and oxygen atoms in total. The van der Waals surface area contributed by atoms with E-state index in [4.69, 9.17) is 13.9 Å². The minimum atomic E-state index is -0.358. The average Bonchev–Trinajstić information content (AvgIpc) is 2.82. The van der Waals surface area contributed by atoms with Crippen LogP contribution in [0.25, 0.3) is 21.7 Å². The highest BCUT2D eigenvalue weighted by atomic mass is 16.5. The topological polar surface area (TPSA) is 69.0 Å². The quantitative estimate of drug-likeness (QED) is 0.269. The third-order valence-electron chi connectivity index (χ3n) is 5.48. The van der Waals surface area contributed by atoms with Crippen molar-refractivity contribution in [1.29, 1.82) is 0 Å². The Kier molecular flexibility index (Phi) is 4.82. The van der Waals surface area contributed by atoms with Gasteiger partial charge in [-0.2, -0.15) is 0 Å². The maximum absolute atomic E-state index is 12.5. The van der Waals surface area contributed by atoms with Crippen molar-refractivity contribution in [3.8, 4) is 5.75 Å². The molecule has 4 aromatic rings. The first-order valence-electron chi connectivity index (χ1n) is 10.3. The van der Waals surface area contributed by atoms with Gasteiger partial charge in [0.15, 0.2) is 6.73 Å². The number of anilines is 1. The lowest BCUT2D eigenvalue weighted by Crippen LogP contribution is -2.32. The molecule has 0 N–H and O–H groups in total. The van der Waals surface area contributed by atoms with E-state index in [1.807, 2.05) is 54.3 Å². The molecule has 0 bridgehead atoms. The summed E-state index contributed by atoms with van der Waals surface area (Å²) in [6.07, 6.45) is 0.785. The first-order valence-corrected chi connectivity index (χ1v) is 10.3. The number of rotatable bonds is 4. The number of fused-ring (bicyclic) bond motifs is 5. The van der Waals surface area contributed by atoms with Crippen molar-refractivity contribution in [3.63, 3.8) is 0 Å². The number of hydrogen-bond donors (Lipinski definition) is 0. The Bertz CT molecular complexity index is 1340. The molecule has 0 fully saturated rings. The lowest BCUT2D eigenvalue weighted by atomic mass is 10.0. The van der Waals surface area contributed by atoms with E-state index in [1.165, 1.54) is 0 Å².